The number of benzene rings is 1. The van der Waals surface area contributed by atoms with Gasteiger partial charge in [0.1, 0.15) is 5.82 Å². The number of carbonyl (C=O) groups excluding carboxylic acids is 2. The fraction of sp³-hybridized carbons (Fsp3) is 0.385. The highest BCUT2D eigenvalue weighted by molar-refractivity contribution is 5.96. The second-order valence-electron chi connectivity index (χ2n) is 4.21. The maximum Gasteiger partial charge on any atom is 0.253 e. The van der Waals surface area contributed by atoms with Crippen molar-refractivity contribution in [2.45, 2.75) is 6.92 Å². The number of halogens is 1. The van der Waals surface area contributed by atoms with Gasteiger partial charge in [0, 0.05) is 32.6 Å². The number of nitrogens with one attached hydrogen (secondary N) is 2. The van der Waals surface area contributed by atoms with Gasteiger partial charge in [-0.1, -0.05) is 0 Å². The third-order valence-electron chi connectivity index (χ3n) is 2.57. The van der Waals surface area contributed by atoms with E-state index in [1.807, 2.05) is 0 Å². The van der Waals surface area contributed by atoms with E-state index in [4.69, 9.17) is 0 Å². The van der Waals surface area contributed by atoms with Crippen LogP contribution in [0.5, 0.6) is 0 Å². The Morgan fingerprint density at radius 3 is 2.63 bits per heavy atom. The quantitative estimate of drug-likeness (QED) is 0.839. The summed E-state index contributed by atoms with van der Waals surface area (Å²) in [4.78, 5) is 24.5. The molecule has 6 heteroatoms. The zero-order valence-electron chi connectivity index (χ0n) is 11.3. The first-order chi connectivity index (χ1) is 8.95. The molecular weight excluding hydrogens is 249 g/mol. The van der Waals surface area contributed by atoms with Gasteiger partial charge in [-0.3, -0.25) is 9.59 Å². The Morgan fingerprint density at radius 1 is 1.37 bits per heavy atom. The summed E-state index contributed by atoms with van der Waals surface area (Å²) < 4.78 is 13.4. The molecule has 0 aliphatic rings. The second-order valence-corrected chi connectivity index (χ2v) is 4.21. The summed E-state index contributed by atoms with van der Waals surface area (Å²) in [7, 11) is 3.46. The van der Waals surface area contributed by atoms with Crippen molar-refractivity contribution in [2.24, 2.45) is 0 Å². The average molecular weight is 267 g/mol. The monoisotopic (exact) mass is 267 g/mol. The van der Waals surface area contributed by atoms with Crippen molar-refractivity contribution >= 4 is 17.5 Å². The van der Waals surface area contributed by atoms with E-state index in [-0.39, 0.29) is 17.5 Å². The van der Waals surface area contributed by atoms with Gasteiger partial charge in [0.05, 0.1) is 5.69 Å². The number of hydrogen-bond acceptors (Lipinski definition) is 3. The van der Waals surface area contributed by atoms with Gasteiger partial charge in [-0.25, -0.2) is 4.39 Å². The summed E-state index contributed by atoms with van der Waals surface area (Å²) >= 11 is 0. The normalized spacial score (nSPS) is 10.1. The van der Waals surface area contributed by atoms with Crippen molar-refractivity contribution in [1.82, 2.24) is 10.2 Å². The van der Waals surface area contributed by atoms with Crippen LogP contribution in [0.15, 0.2) is 18.2 Å². The zero-order chi connectivity index (χ0) is 14.4. The average Bonchev–Trinajstić information content (AvgIpc) is 2.37. The molecule has 0 atom stereocenters. The van der Waals surface area contributed by atoms with Gasteiger partial charge >= 0.3 is 0 Å². The molecule has 0 spiro atoms. The lowest BCUT2D eigenvalue weighted by Crippen LogP contribution is -2.32. The van der Waals surface area contributed by atoms with Crippen LogP contribution in [0.3, 0.4) is 0 Å². The summed E-state index contributed by atoms with van der Waals surface area (Å²) in [5.74, 6) is -1.17. The minimum Gasteiger partial charge on any atom is -0.340 e. The number of likely N-dealkylation sites (N-methyl/N-ethyl adjacent to an activating group) is 2. The van der Waals surface area contributed by atoms with Crippen LogP contribution in [-0.4, -0.2) is 43.9 Å². The Kier molecular flexibility index (Phi) is 5.44. The smallest absolute Gasteiger partial charge is 0.253 e. The molecule has 0 heterocycles. The summed E-state index contributed by atoms with van der Waals surface area (Å²) in [6.45, 7) is 2.50. The number of amides is 2. The Balaban J connectivity index is 2.88. The van der Waals surface area contributed by atoms with Crippen LogP contribution >= 0.6 is 0 Å². The lowest BCUT2D eigenvalue weighted by Gasteiger charge is -2.17. The molecule has 1 rings (SSSR count). The minimum atomic E-state index is -0.565. The zero-order valence-corrected chi connectivity index (χ0v) is 11.3. The summed E-state index contributed by atoms with van der Waals surface area (Å²) in [6.07, 6.45) is 0. The third-order valence-corrected chi connectivity index (χ3v) is 2.57. The van der Waals surface area contributed by atoms with Gasteiger partial charge in [0.15, 0.2) is 0 Å². The number of nitrogens with zero attached hydrogens (tertiary/aromatic N) is 1. The summed E-state index contributed by atoms with van der Waals surface area (Å²) in [5, 5.41) is 5.29. The predicted molar refractivity (Wildman–Crippen MR) is 71.6 cm³/mol. The van der Waals surface area contributed by atoms with E-state index in [1.54, 1.807) is 14.1 Å². The number of carbonyl (C=O) groups is 2. The lowest BCUT2D eigenvalue weighted by atomic mass is 10.1. The molecule has 0 radical (unpaired) electrons. The molecule has 1 aromatic carbocycles. The fourth-order valence-corrected chi connectivity index (χ4v) is 1.55. The maximum absolute atomic E-state index is 13.4. The van der Waals surface area contributed by atoms with Gasteiger partial charge in [0.2, 0.25) is 5.91 Å². The maximum atomic E-state index is 13.4. The van der Waals surface area contributed by atoms with Crippen molar-refractivity contribution in [3.05, 3.63) is 29.6 Å². The molecule has 2 amide bonds. The van der Waals surface area contributed by atoms with Crippen molar-refractivity contribution < 1.29 is 14.0 Å². The highest BCUT2D eigenvalue weighted by Crippen LogP contribution is 2.17. The second kappa shape index (κ2) is 6.84. The van der Waals surface area contributed by atoms with Crippen LogP contribution < -0.4 is 10.6 Å². The van der Waals surface area contributed by atoms with Gasteiger partial charge in [-0.2, -0.15) is 0 Å². The molecule has 0 fully saturated rings. The number of anilines is 1. The molecule has 2 N–H and O–H groups in total. The Hall–Kier alpha value is -1.95. The van der Waals surface area contributed by atoms with E-state index in [2.05, 4.69) is 10.6 Å². The predicted octanol–water partition coefficient (Wildman–Crippen LogP) is 1.08. The molecule has 0 bridgehead atoms. The molecule has 5 nitrogen and oxygen atoms in total. The van der Waals surface area contributed by atoms with Crippen molar-refractivity contribution in [2.75, 3.05) is 32.5 Å². The van der Waals surface area contributed by atoms with Crippen molar-refractivity contribution in [1.29, 1.82) is 0 Å². The van der Waals surface area contributed by atoms with E-state index in [9.17, 15) is 14.0 Å². The first kappa shape index (κ1) is 15.1. The van der Waals surface area contributed by atoms with Gasteiger partial charge in [0.25, 0.3) is 5.91 Å². The first-order valence-corrected chi connectivity index (χ1v) is 5.93. The summed E-state index contributed by atoms with van der Waals surface area (Å²) in [5.41, 5.74) is 0.351. The van der Waals surface area contributed by atoms with Crippen LogP contribution in [0, 0.1) is 5.82 Å². The molecule has 0 aliphatic carbocycles. The fourth-order valence-electron chi connectivity index (χ4n) is 1.55. The van der Waals surface area contributed by atoms with Crippen LogP contribution in [0.1, 0.15) is 17.3 Å². The largest absolute Gasteiger partial charge is 0.340 e. The van der Waals surface area contributed by atoms with Crippen molar-refractivity contribution in [3.8, 4) is 0 Å². The molecule has 1 aromatic rings. The third kappa shape index (κ3) is 4.33. The van der Waals surface area contributed by atoms with E-state index in [1.165, 1.54) is 30.0 Å². The molecule has 0 saturated heterocycles. The van der Waals surface area contributed by atoms with Crippen LogP contribution in [0.4, 0.5) is 10.1 Å². The molecule has 0 saturated carbocycles. The number of rotatable bonds is 5. The lowest BCUT2D eigenvalue weighted by molar-refractivity contribution is -0.114. The van der Waals surface area contributed by atoms with E-state index < -0.39 is 5.82 Å². The Morgan fingerprint density at radius 2 is 2.05 bits per heavy atom. The highest BCUT2D eigenvalue weighted by atomic mass is 19.1. The molecule has 19 heavy (non-hydrogen) atoms. The van der Waals surface area contributed by atoms with Crippen LogP contribution in [0.2, 0.25) is 0 Å². The molecular formula is C13H18FN3O2. The standard InChI is InChI=1S/C13H18FN3O2/c1-9(18)16-12-8-10(4-5-11(12)14)13(19)17(3)7-6-15-2/h4-5,8,15H,6-7H2,1-3H3,(H,16,18). The van der Waals surface area contributed by atoms with Gasteiger partial charge < -0.3 is 15.5 Å². The molecule has 0 unspecified atom stereocenters. The molecule has 104 valence electrons. The van der Waals surface area contributed by atoms with E-state index in [0.29, 0.717) is 18.7 Å². The SMILES string of the molecule is CNCCN(C)C(=O)c1ccc(F)c(NC(C)=O)c1. The van der Waals surface area contributed by atoms with Crippen molar-refractivity contribution in [3.63, 3.8) is 0 Å². The summed E-state index contributed by atoms with van der Waals surface area (Å²) in [6, 6.07) is 3.91. The van der Waals surface area contributed by atoms with Gasteiger partial charge in [-0.15, -0.1) is 0 Å². The molecule has 0 aliphatic heterocycles. The van der Waals surface area contributed by atoms with Crippen LogP contribution in [0.25, 0.3) is 0 Å². The van der Waals surface area contributed by atoms with Crippen LogP contribution in [-0.2, 0) is 4.79 Å². The Bertz CT molecular complexity index is 477. The Labute approximate surface area is 111 Å². The number of hydrogen-bond donors (Lipinski definition) is 2. The first-order valence-electron chi connectivity index (χ1n) is 5.93. The highest BCUT2D eigenvalue weighted by Gasteiger charge is 2.14. The topological polar surface area (TPSA) is 61.4 Å². The minimum absolute atomic E-state index is 0.0142. The van der Waals surface area contributed by atoms with Gasteiger partial charge in [-0.05, 0) is 25.2 Å². The van der Waals surface area contributed by atoms with E-state index >= 15 is 0 Å². The molecule has 0 aromatic heterocycles. The van der Waals surface area contributed by atoms with E-state index in [0.717, 1.165) is 0 Å².